The summed E-state index contributed by atoms with van der Waals surface area (Å²) in [6.45, 7) is 0.389. The Morgan fingerprint density at radius 3 is 2.40 bits per heavy atom. The number of amides is 1. The lowest BCUT2D eigenvalue weighted by molar-refractivity contribution is -0.127. The fourth-order valence-electron chi connectivity index (χ4n) is 3.54. The van der Waals surface area contributed by atoms with Crippen LogP contribution in [0.5, 0.6) is 5.75 Å². The van der Waals surface area contributed by atoms with E-state index >= 15 is 0 Å². The maximum atomic E-state index is 12.8. The second kappa shape index (κ2) is 10.0. The maximum absolute atomic E-state index is 12.8. The average molecular weight is 434 g/mol. The van der Waals surface area contributed by atoms with Crippen LogP contribution < -0.4 is 10.1 Å². The number of hydrogen-bond acceptors (Lipinski definition) is 6. The van der Waals surface area contributed by atoms with Crippen molar-refractivity contribution in [1.29, 1.82) is 0 Å². The summed E-state index contributed by atoms with van der Waals surface area (Å²) in [6, 6.07) is 9.58. The number of aromatic nitrogens is 1. The molecular weight excluding hydrogens is 406 g/mol. The first-order valence-electron chi connectivity index (χ1n) is 9.88. The minimum atomic E-state index is -3.60. The van der Waals surface area contributed by atoms with Gasteiger partial charge in [0.25, 0.3) is 0 Å². The van der Waals surface area contributed by atoms with Crippen molar-refractivity contribution in [2.75, 3.05) is 26.8 Å². The zero-order valence-corrected chi connectivity index (χ0v) is 17.7. The fraction of sp³-hybridized carbons (Fsp3) is 0.429. The predicted molar refractivity (Wildman–Crippen MR) is 111 cm³/mol. The van der Waals surface area contributed by atoms with Crippen LogP contribution in [0.3, 0.4) is 0 Å². The lowest BCUT2D eigenvalue weighted by Gasteiger charge is -2.31. The van der Waals surface area contributed by atoms with Crippen LogP contribution in [-0.4, -0.2) is 61.6 Å². The van der Waals surface area contributed by atoms with Gasteiger partial charge in [-0.25, -0.2) is 8.42 Å². The van der Waals surface area contributed by atoms with Crippen molar-refractivity contribution in [2.24, 2.45) is 5.92 Å². The molecule has 0 spiro atoms. The van der Waals surface area contributed by atoms with E-state index in [4.69, 9.17) is 4.74 Å². The summed E-state index contributed by atoms with van der Waals surface area (Å²) in [4.78, 5) is 16.8. The molecule has 162 valence electrons. The third-order valence-corrected chi connectivity index (χ3v) is 7.23. The number of rotatable bonds is 8. The van der Waals surface area contributed by atoms with Gasteiger partial charge in [-0.3, -0.25) is 9.78 Å². The van der Waals surface area contributed by atoms with E-state index in [1.54, 1.807) is 24.5 Å². The summed E-state index contributed by atoms with van der Waals surface area (Å²) in [5, 5.41) is 12.5. The molecule has 2 aromatic rings. The zero-order valence-electron chi connectivity index (χ0n) is 16.9. The molecule has 2 N–H and O–H groups in total. The molecule has 3 rings (SSSR count). The summed E-state index contributed by atoms with van der Waals surface area (Å²) < 4.78 is 32.2. The summed E-state index contributed by atoms with van der Waals surface area (Å²) >= 11 is 0. The number of ether oxygens (including phenoxy) is 1. The Kier molecular flexibility index (Phi) is 7.41. The van der Waals surface area contributed by atoms with Crippen LogP contribution in [-0.2, 0) is 21.2 Å². The summed E-state index contributed by atoms with van der Waals surface area (Å²) in [7, 11) is -2.08. The number of carbonyl (C=O) groups is 1. The van der Waals surface area contributed by atoms with Crippen molar-refractivity contribution in [1.82, 2.24) is 14.6 Å². The van der Waals surface area contributed by atoms with Gasteiger partial charge in [-0.05, 0) is 61.2 Å². The summed E-state index contributed by atoms with van der Waals surface area (Å²) in [5.41, 5.74) is 0.977. The Balaban J connectivity index is 1.55. The van der Waals surface area contributed by atoms with E-state index in [9.17, 15) is 18.3 Å². The molecule has 1 aliphatic rings. The van der Waals surface area contributed by atoms with Crippen molar-refractivity contribution in [2.45, 2.75) is 30.2 Å². The van der Waals surface area contributed by atoms with Crippen LogP contribution in [0, 0.1) is 5.92 Å². The van der Waals surface area contributed by atoms with Crippen LogP contribution in [0.2, 0.25) is 0 Å². The number of piperidine rings is 1. The molecule has 2 heterocycles. The third-order valence-electron chi connectivity index (χ3n) is 5.32. The average Bonchev–Trinajstić information content (AvgIpc) is 2.79. The Labute approximate surface area is 176 Å². The molecule has 8 nitrogen and oxygen atoms in total. The Bertz CT molecular complexity index is 927. The first-order valence-corrected chi connectivity index (χ1v) is 11.3. The number of aliphatic hydroxyl groups is 1. The van der Waals surface area contributed by atoms with E-state index in [0.717, 1.165) is 5.56 Å². The molecule has 1 saturated heterocycles. The zero-order chi connectivity index (χ0) is 21.6. The number of sulfonamides is 1. The number of nitrogens with zero attached hydrogens (tertiary/aromatic N) is 2. The standard InChI is InChI=1S/C21H27N3O5S/c1-29-19-2-4-20(5-3-19)30(27,28)24-12-8-17(9-13-24)21(26)23-18(15-25)14-16-6-10-22-11-7-16/h2-7,10-11,17-18,25H,8-9,12-15H2,1H3,(H,23,26)/t18-/m1/s1. The highest BCUT2D eigenvalue weighted by Gasteiger charge is 2.32. The van der Waals surface area contributed by atoms with Gasteiger partial charge in [-0.1, -0.05) is 0 Å². The molecule has 1 aromatic heterocycles. The molecule has 0 radical (unpaired) electrons. The summed E-state index contributed by atoms with van der Waals surface area (Å²) in [5.74, 6) is 0.165. The highest BCUT2D eigenvalue weighted by Crippen LogP contribution is 2.25. The lowest BCUT2D eigenvalue weighted by Crippen LogP contribution is -2.46. The van der Waals surface area contributed by atoms with E-state index in [1.807, 2.05) is 12.1 Å². The number of aliphatic hydroxyl groups excluding tert-OH is 1. The SMILES string of the molecule is COc1ccc(S(=O)(=O)N2CCC(C(=O)N[C@@H](CO)Cc3ccncc3)CC2)cc1. The van der Waals surface area contributed by atoms with Crippen molar-refractivity contribution in [3.05, 3.63) is 54.4 Å². The Morgan fingerprint density at radius 1 is 1.20 bits per heavy atom. The minimum Gasteiger partial charge on any atom is -0.497 e. The molecule has 30 heavy (non-hydrogen) atoms. The maximum Gasteiger partial charge on any atom is 0.243 e. The quantitative estimate of drug-likeness (QED) is 0.648. The first kappa shape index (κ1) is 22.2. The molecule has 1 fully saturated rings. The molecule has 1 atom stereocenters. The van der Waals surface area contributed by atoms with E-state index in [1.165, 1.54) is 23.5 Å². The van der Waals surface area contributed by atoms with Crippen LogP contribution in [0.25, 0.3) is 0 Å². The van der Waals surface area contributed by atoms with Gasteiger partial charge in [0.05, 0.1) is 24.7 Å². The van der Waals surface area contributed by atoms with Gasteiger partial charge in [-0.15, -0.1) is 0 Å². The second-order valence-corrected chi connectivity index (χ2v) is 9.24. The molecule has 1 amide bonds. The Hall–Kier alpha value is -2.49. The van der Waals surface area contributed by atoms with E-state index in [0.29, 0.717) is 25.0 Å². The number of carbonyl (C=O) groups excluding carboxylic acids is 1. The largest absolute Gasteiger partial charge is 0.497 e. The van der Waals surface area contributed by atoms with Gasteiger partial charge in [0.15, 0.2) is 0 Å². The van der Waals surface area contributed by atoms with E-state index in [-0.39, 0.29) is 42.5 Å². The molecule has 0 saturated carbocycles. The minimum absolute atomic E-state index is 0.149. The number of nitrogens with one attached hydrogen (secondary N) is 1. The topological polar surface area (TPSA) is 109 Å². The van der Waals surface area contributed by atoms with E-state index < -0.39 is 10.0 Å². The van der Waals surface area contributed by atoms with Crippen molar-refractivity contribution < 1.29 is 23.1 Å². The molecule has 0 unspecified atom stereocenters. The monoisotopic (exact) mass is 433 g/mol. The number of pyridine rings is 1. The molecule has 0 aliphatic carbocycles. The molecule has 1 aliphatic heterocycles. The fourth-order valence-corrected chi connectivity index (χ4v) is 5.01. The predicted octanol–water partition coefficient (Wildman–Crippen LogP) is 1.21. The third kappa shape index (κ3) is 5.35. The van der Waals surface area contributed by atoms with Crippen LogP contribution in [0.4, 0.5) is 0 Å². The normalized spacial score (nSPS) is 16.7. The first-order chi connectivity index (χ1) is 14.4. The van der Waals surface area contributed by atoms with Gasteiger partial charge in [-0.2, -0.15) is 4.31 Å². The second-order valence-electron chi connectivity index (χ2n) is 7.30. The molecular formula is C21H27N3O5S. The van der Waals surface area contributed by atoms with E-state index in [2.05, 4.69) is 10.3 Å². The highest BCUT2D eigenvalue weighted by atomic mass is 32.2. The van der Waals surface area contributed by atoms with Gasteiger partial charge in [0, 0.05) is 31.4 Å². The van der Waals surface area contributed by atoms with Crippen LogP contribution in [0.15, 0.2) is 53.7 Å². The highest BCUT2D eigenvalue weighted by molar-refractivity contribution is 7.89. The summed E-state index contributed by atoms with van der Waals surface area (Å²) in [6.07, 6.45) is 4.73. The Morgan fingerprint density at radius 2 is 1.83 bits per heavy atom. The molecule has 9 heteroatoms. The lowest BCUT2D eigenvalue weighted by atomic mass is 9.96. The molecule has 0 bridgehead atoms. The number of methoxy groups -OCH3 is 1. The van der Waals surface area contributed by atoms with Crippen molar-refractivity contribution >= 4 is 15.9 Å². The van der Waals surface area contributed by atoms with Gasteiger partial charge in [0.1, 0.15) is 5.75 Å². The van der Waals surface area contributed by atoms with Crippen LogP contribution in [0.1, 0.15) is 18.4 Å². The molecule has 1 aromatic carbocycles. The number of benzene rings is 1. The smallest absolute Gasteiger partial charge is 0.243 e. The van der Waals surface area contributed by atoms with Gasteiger partial charge in [0.2, 0.25) is 15.9 Å². The van der Waals surface area contributed by atoms with Crippen LogP contribution >= 0.6 is 0 Å². The van der Waals surface area contributed by atoms with Crippen molar-refractivity contribution in [3.63, 3.8) is 0 Å². The van der Waals surface area contributed by atoms with Gasteiger partial charge < -0.3 is 15.2 Å². The van der Waals surface area contributed by atoms with Crippen molar-refractivity contribution in [3.8, 4) is 5.75 Å². The van der Waals surface area contributed by atoms with Gasteiger partial charge >= 0.3 is 0 Å². The number of hydrogen-bond donors (Lipinski definition) is 2.